The quantitative estimate of drug-likeness (QED) is 0.731. The maximum atomic E-state index is 11.5. The van der Waals surface area contributed by atoms with Crippen LogP contribution in [0.4, 0.5) is 5.69 Å². The number of nitrogens with zero attached hydrogens (tertiary/aromatic N) is 1. The van der Waals surface area contributed by atoms with Crippen LogP contribution in [0.2, 0.25) is 0 Å². The van der Waals surface area contributed by atoms with Gasteiger partial charge in [0.2, 0.25) is 10.0 Å². The van der Waals surface area contributed by atoms with E-state index in [2.05, 4.69) is 15.0 Å². The Bertz CT molecular complexity index is 677. The molecule has 0 spiro atoms. The minimum Gasteiger partial charge on any atom is -0.506 e. The number of rotatable bonds is 3. The fourth-order valence-electron chi connectivity index (χ4n) is 3.25. The lowest BCUT2D eigenvalue weighted by atomic mass is 9.78. The number of nitrogens with one attached hydrogen (secondary N) is 2. The lowest BCUT2D eigenvalue weighted by Gasteiger charge is -2.31. The molecule has 0 bridgehead atoms. The summed E-state index contributed by atoms with van der Waals surface area (Å²) in [4.78, 5) is 4.22. The van der Waals surface area contributed by atoms with E-state index in [-0.39, 0.29) is 17.7 Å². The molecular formula is C14H19N3O3S. The van der Waals surface area contributed by atoms with E-state index in [9.17, 15) is 13.5 Å². The highest BCUT2D eigenvalue weighted by atomic mass is 32.2. The van der Waals surface area contributed by atoms with Crippen molar-refractivity contribution in [2.45, 2.75) is 31.2 Å². The average Bonchev–Trinajstić information content (AvgIpc) is 2.94. The van der Waals surface area contributed by atoms with Crippen LogP contribution >= 0.6 is 0 Å². The molecule has 114 valence electrons. The van der Waals surface area contributed by atoms with Gasteiger partial charge in [-0.15, -0.1) is 0 Å². The van der Waals surface area contributed by atoms with E-state index >= 15 is 0 Å². The van der Waals surface area contributed by atoms with E-state index in [0.29, 0.717) is 5.69 Å². The number of hydrogen-bond acceptors (Lipinski definition) is 5. The van der Waals surface area contributed by atoms with Crippen LogP contribution in [0.1, 0.15) is 29.9 Å². The smallest absolute Gasteiger partial charge is 0.229 e. The van der Waals surface area contributed by atoms with Gasteiger partial charge in [-0.1, -0.05) is 6.07 Å². The van der Waals surface area contributed by atoms with Gasteiger partial charge in [0.15, 0.2) is 0 Å². The zero-order valence-corrected chi connectivity index (χ0v) is 12.7. The Labute approximate surface area is 124 Å². The fourth-order valence-corrected chi connectivity index (χ4v) is 3.85. The van der Waals surface area contributed by atoms with Gasteiger partial charge in [0.05, 0.1) is 30.9 Å². The van der Waals surface area contributed by atoms with Gasteiger partial charge < -0.3 is 10.4 Å². The molecule has 1 aromatic rings. The van der Waals surface area contributed by atoms with Gasteiger partial charge >= 0.3 is 0 Å². The molecule has 2 unspecified atom stereocenters. The van der Waals surface area contributed by atoms with Crippen molar-refractivity contribution >= 4 is 22.0 Å². The molecule has 2 atom stereocenters. The molecule has 1 aliphatic heterocycles. The molecule has 3 N–H and O–H groups in total. The standard InChI is InChI=1S/C14H19N3O3S/c1-21(19,20)17-14-11-4-2-3-10(12-7-15-8-16-12)9(11)5-6-13(14)18/h5-6,8,10,12,17-18H,2-4,7H2,1H3,(H,15,16). The van der Waals surface area contributed by atoms with Crippen molar-refractivity contribution in [1.29, 1.82) is 0 Å². The minimum absolute atomic E-state index is 0.0181. The second kappa shape index (κ2) is 5.22. The largest absolute Gasteiger partial charge is 0.506 e. The lowest BCUT2D eigenvalue weighted by molar-refractivity contribution is 0.449. The summed E-state index contributed by atoms with van der Waals surface area (Å²) in [6.07, 6.45) is 5.61. The highest BCUT2D eigenvalue weighted by Gasteiger charge is 2.31. The Morgan fingerprint density at radius 2 is 2.24 bits per heavy atom. The molecule has 0 radical (unpaired) electrons. The van der Waals surface area contributed by atoms with Gasteiger partial charge in [-0.2, -0.15) is 0 Å². The van der Waals surface area contributed by atoms with E-state index in [1.54, 1.807) is 12.4 Å². The van der Waals surface area contributed by atoms with Crippen LogP contribution in [0, 0.1) is 0 Å². The second-order valence-electron chi connectivity index (χ2n) is 5.67. The first-order chi connectivity index (χ1) is 9.96. The van der Waals surface area contributed by atoms with Crippen molar-refractivity contribution in [2.24, 2.45) is 4.99 Å². The molecule has 0 aromatic heterocycles. The molecule has 2 aliphatic rings. The minimum atomic E-state index is -3.42. The molecule has 6 nitrogen and oxygen atoms in total. The summed E-state index contributed by atoms with van der Waals surface area (Å²) >= 11 is 0. The summed E-state index contributed by atoms with van der Waals surface area (Å²) in [6.45, 7) is 0.736. The molecule has 3 rings (SSSR count). The van der Waals surface area contributed by atoms with Gasteiger partial charge in [0.25, 0.3) is 0 Å². The Morgan fingerprint density at radius 1 is 1.43 bits per heavy atom. The van der Waals surface area contributed by atoms with Gasteiger partial charge in [-0.25, -0.2) is 8.42 Å². The van der Waals surface area contributed by atoms with E-state index < -0.39 is 10.0 Å². The van der Waals surface area contributed by atoms with E-state index in [1.807, 2.05) is 6.07 Å². The number of phenolic OH excluding ortho intramolecular Hbond substituents is 1. The van der Waals surface area contributed by atoms with Crippen molar-refractivity contribution in [3.8, 4) is 5.75 Å². The number of sulfonamides is 1. The summed E-state index contributed by atoms with van der Waals surface area (Å²) in [5.74, 6) is 0.271. The fraction of sp³-hybridized carbons (Fsp3) is 0.500. The zero-order valence-electron chi connectivity index (χ0n) is 11.8. The lowest BCUT2D eigenvalue weighted by Crippen LogP contribution is -2.34. The molecule has 21 heavy (non-hydrogen) atoms. The zero-order chi connectivity index (χ0) is 15.0. The second-order valence-corrected chi connectivity index (χ2v) is 7.42. The first kappa shape index (κ1) is 14.2. The summed E-state index contributed by atoms with van der Waals surface area (Å²) in [7, 11) is -3.42. The SMILES string of the molecule is CS(=O)(=O)Nc1c(O)ccc2c1CCCC2C1CN=CN1. The molecule has 0 amide bonds. The number of aliphatic imine (C=N–C) groups is 1. The first-order valence-electron chi connectivity index (χ1n) is 7.02. The Hall–Kier alpha value is -1.76. The summed E-state index contributed by atoms with van der Waals surface area (Å²) < 4.78 is 25.5. The van der Waals surface area contributed by atoms with E-state index in [1.165, 1.54) is 0 Å². The number of anilines is 1. The van der Waals surface area contributed by atoms with Gasteiger partial charge in [0, 0.05) is 5.92 Å². The van der Waals surface area contributed by atoms with Crippen LogP contribution in [-0.4, -0.2) is 38.7 Å². The van der Waals surface area contributed by atoms with Crippen molar-refractivity contribution in [3.05, 3.63) is 23.3 Å². The topological polar surface area (TPSA) is 90.8 Å². The summed E-state index contributed by atoms with van der Waals surface area (Å²) in [6, 6.07) is 3.72. The van der Waals surface area contributed by atoms with Crippen LogP contribution < -0.4 is 10.0 Å². The van der Waals surface area contributed by atoms with E-state index in [4.69, 9.17) is 0 Å². The molecule has 0 saturated heterocycles. The Kier molecular flexibility index (Phi) is 3.52. The van der Waals surface area contributed by atoms with Crippen LogP contribution in [0.15, 0.2) is 17.1 Å². The highest BCUT2D eigenvalue weighted by molar-refractivity contribution is 7.92. The monoisotopic (exact) mass is 309 g/mol. The molecule has 7 heteroatoms. The van der Waals surface area contributed by atoms with Crippen LogP contribution in [0.25, 0.3) is 0 Å². The number of benzene rings is 1. The average molecular weight is 309 g/mol. The van der Waals surface area contributed by atoms with Gasteiger partial charge in [-0.05, 0) is 36.5 Å². The molecule has 1 heterocycles. The first-order valence-corrected chi connectivity index (χ1v) is 8.92. The van der Waals surface area contributed by atoms with Gasteiger partial charge in [-0.3, -0.25) is 9.71 Å². The third kappa shape index (κ3) is 2.83. The predicted octanol–water partition coefficient (Wildman–Crippen LogP) is 1.18. The molecule has 1 aliphatic carbocycles. The normalized spacial score (nSPS) is 24.4. The number of fused-ring (bicyclic) bond motifs is 1. The van der Waals surface area contributed by atoms with Crippen LogP contribution in [0.5, 0.6) is 5.75 Å². The van der Waals surface area contributed by atoms with Crippen LogP contribution in [0.3, 0.4) is 0 Å². The van der Waals surface area contributed by atoms with Gasteiger partial charge in [0.1, 0.15) is 5.75 Å². The third-order valence-electron chi connectivity index (χ3n) is 4.12. The van der Waals surface area contributed by atoms with Crippen LogP contribution in [-0.2, 0) is 16.4 Å². The van der Waals surface area contributed by atoms with E-state index in [0.717, 1.165) is 43.2 Å². The Morgan fingerprint density at radius 3 is 2.90 bits per heavy atom. The number of aromatic hydroxyl groups is 1. The molecular weight excluding hydrogens is 290 g/mol. The molecule has 1 aromatic carbocycles. The molecule has 0 saturated carbocycles. The number of hydrogen-bond donors (Lipinski definition) is 3. The van der Waals surface area contributed by atoms with Crippen molar-refractivity contribution < 1.29 is 13.5 Å². The number of phenols is 1. The third-order valence-corrected chi connectivity index (χ3v) is 4.70. The predicted molar refractivity (Wildman–Crippen MR) is 82.5 cm³/mol. The summed E-state index contributed by atoms with van der Waals surface area (Å²) in [5, 5.41) is 13.3. The maximum Gasteiger partial charge on any atom is 0.229 e. The van der Waals surface area contributed by atoms with Crippen molar-refractivity contribution in [3.63, 3.8) is 0 Å². The Balaban J connectivity index is 2.02. The van der Waals surface area contributed by atoms with Crippen molar-refractivity contribution in [2.75, 3.05) is 17.5 Å². The van der Waals surface area contributed by atoms with Crippen molar-refractivity contribution in [1.82, 2.24) is 5.32 Å². The molecule has 0 fully saturated rings. The summed E-state index contributed by atoms with van der Waals surface area (Å²) in [5.41, 5.74) is 2.34. The highest BCUT2D eigenvalue weighted by Crippen LogP contribution is 2.41. The maximum absolute atomic E-state index is 11.5.